The van der Waals surface area contributed by atoms with Gasteiger partial charge in [-0.15, -0.1) is 0 Å². The molecule has 0 aliphatic rings. The van der Waals surface area contributed by atoms with Crippen LogP contribution in [0.4, 0.5) is 0 Å². The second kappa shape index (κ2) is 5.64. The molecule has 1 N–H and O–H groups in total. The van der Waals surface area contributed by atoms with E-state index in [1.807, 2.05) is 13.1 Å². The van der Waals surface area contributed by atoms with Gasteiger partial charge in [-0.2, -0.15) is 0 Å². The summed E-state index contributed by atoms with van der Waals surface area (Å²) in [6, 6.07) is 0. The van der Waals surface area contributed by atoms with Crippen LogP contribution in [0.2, 0.25) is 0 Å². The molecule has 12 heavy (non-hydrogen) atoms. The zero-order valence-corrected chi connectivity index (χ0v) is 8.57. The van der Waals surface area contributed by atoms with Crippen LogP contribution in [-0.2, 0) is 0 Å². The number of hydrogen-bond donors (Lipinski definition) is 1. The summed E-state index contributed by atoms with van der Waals surface area (Å²) >= 11 is 0. The van der Waals surface area contributed by atoms with Crippen LogP contribution in [-0.4, -0.2) is 7.05 Å². The van der Waals surface area contributed by atoms with Crippen molar-refractivity contribution < 1.29 is 0 Å². The van der Waals surface area contributed by atoms with Crippen LogP contribution >= 0.6 is 0 Å². The zero-order valence-electron chi connectivity index (χ0n) is 8.57. The first kappa shape index (κ1) is 11.0. The van der Waals surface area contributed by atoms with Crippen LogP contribution in [0.1, 0.15) is 27.2 Å². The van der Waals surface area contributed by atoms with Crippen LogP contribution < -0.4 is 5.32 Å². The molecule has 0 rings (SSSR count). The van der Waals surface area contributed by atoms with E-state index in [1.165, 1.54) is 16.8 Å². The highest BCUT2D eigenvalue weighted by Gasteiger charge is 1.99. The molecule has 0 radical (unpaired) electrons. The standard InChI is InChI=1S/C11H19N/c1-6-8-11(12-5)10(7-2)9(3)4/h7-8,12H,2,6H2,1,3-5H3/b11-8+. The normalized spacial score (nSPS) is 10.8. The summed E-state index contributed by atoms with van der Waals surface area (Å²) in [6.45, 7) is 10.1. The average Bonchev–Trinajstić information content (AvgIpc) is 2.03. The molecule has 1 nitrogen and oxygen atoms in total. The molecule has 0 bridgehead atoms. The highest BCUT2D eigenvalue weighted by Crippen LogP contribution is 2.13. The van der Waals surface area contributed by atoms with Crippen LogP contribution in [0.15, 0.2) is 35.6 Å². The Morgan fingerprint density at radius 3 is 2.25 bits per heavy atom. The fourth-order valence-electron chi connectivity index (χ4n) is 1.13. The summed E-state index contributed by atoms with van der Waals surface area (Å²) in [5, 5.41) is 3.17. The van der Waals surface area contributed by atoms with Gasteiger partial charge in [-0.05, 0) is 25.8 Å². The molecule has 0 aliphatic carbocycles. The van der Waals surface area contributed by atoms with Crippen molar-refractivity contribution in [1.29, 1.82) is 0 Å². The van der Waals surface area contributed by atoms with E-state index in [4.69, 9.17) is 0 Å². The van der Waals surface area contributed by atoms with Crippen molar-refractivity contribution in [3.05, 3.63) is 35.6 Å². The lowest BCUT2D eigenvalue weighted by molar-refractivity contribution is 0.979. The van der Waals surface area contributed by atoms with Gasteiger partial charge >= 0.3 is 0 Å². The lowest BCUT2D eigenvalue weighted by Gasteiger charge is -2.09. The number of allylic oxidation sites excluding steroid dienone is 3. The molecule has 0 amide bonds. The van der Waals surface area contributed by atoms with Crippen LogP contribution in [0.3, 0.4) is 0 Å². The second-order valence-electron chi connectivity index (χ2n) is 2.89. The molecule has 0 aliphatic heterocycles. The minimum atomic E-state index is 1.04. The minimum Gasteiger partial charge on any atom is -0.388 e. The predicted octanol–water partition coefficient (Wildman–Crippen LogP) is 3.02. The van der Waals surface area contributed by atoms with Gasteiger partial charge < -0.3 is 5.32 Å². The first-order valence-corrected chi connectivity index (χ1v) is 4.35. The van der Waals surface area contributed by atoms with Gasteiger partial charge in [0.15, 0.2) is 0 Å². The maximum Gasteiger partial charge on any atom is 0.0369 e. The molecule has 0 aromatic rings. The Hall–Kier alpha value is -0.980. The van der Waals surface area contributed by atoms with E-state index in [-0.39, 0.29) is 0 Å². The van der Waals surface area contributed by atoms with Crippen molar-refractivity contribution in [2.75, 3.05) is 7.05 Å². The molecule has 0 aromatic heterocycles. The predicted molar refractivity (Wildman–Crippen MR) is 56.0 cm³/mol. The van der Waals surface area contributed by atoms with Gasteiger partial charge in [-0.1, -0.05) is 31.2 Å². The maximum absolute atomic E-state index is 3.79. The highest BCUT2D eigenvalue weighted by molar-refractivity contribution is 5.40. The van der Waals surface area contributed by atoms with E-state index in [0.717, 1.165) is 6.42 Å². The molecule has 0 unspecified atom stereocenters. The van der Waals surface area contributed by atoms with Crippen LogP contribution in [0.5, 0.6) is 0 Å². The summed E-state index contributed by atoms with van der Waals surface area (Å²) in [5.74, 6) is 0. The van der Waals surface area contributed by atoms with Crippen molar-refractivity contribution in [3.8, 4) is 0 Å². The fraction of sp³-hybridized carbons (Fsp3) is 0.455. The van der Waals surface area contributed by atoms with Crippen molar-refractivity contribution in [3.63, 3.8) is 0 Å². The van der Waals surface area contributed by atoms with Gasteiger partial charge in [-0.25, -0.2) is 0 Å². The number of likely N-dealkylation sites (N-methyl/N-ethyl adjacent to an activating group) is 1. The molecule has 1 heteroatoms. The summed E-state index contributed by atoms with van der Waals surface area (Å²) in [6.07, 6.45) is 5.11. The van der Waals surface area contributed by atoms with E-state index >= 15 is 0 Å². The number of rotatable bonds is 4. The first-order valence-electron chi connectivity index (χ1n) is 4.35. The quantitative estimate of drug-likeness (QED) is 0.631. The van der Waals surface area contributed by atoms with E-state index in [9.17, 15) is 0 Å². The maximum atomic E-state index is 3.79. The van der Waals surface area contributed by atoms with Gasteiger partial charge in [-0.3, -0.25) is 0 Å². The lowest BCUT2D eigenvalue weighted by Crippen LogP contribution is -2.08. The fourth-order valence-corrected chi connectivity index (χ4v) is 1.13. The number of hydrogen-bond acceptors (Lipinski definition) is 1. The van der Waals surface area contributed by atoms with Crippen molar-refractivity contribution in [2.24, 2.45) is 0 Å². The summed E-state index contributed by atoms with van der Waals surface area (Å²) in [4.78, 5) is 0. The lowest BCUT2D eigenvalue weighted by atomic mass is 10.1. The topological polar surface area (TPSA) is 12.0 Å². The van der Waals surface area contributed by atoms with Gasteiger partial charge in [0.25, 0.3) is 0 Å². The number of nitrogens with one attached hydrogen (secondary N) is 1. The Kier molecular flexibility index (Phi) is 5.18. The van der Waals surface area contributed by atoms with Crippen molar-refractivity contribution in [2.45, 2.75) is 27.2 Å². The third kappa shape index (κ3) is 2.95. The summed E-state index contributed by atoms with van der Waals surface area (Å²) < 4.78 is 0. The van der Waals surface area contributed by atoms with E-state index in [0.29, 0.717) is 0 Å². The van der Waals surface area contributed by atoms with E-state index < -0.39 is 0 Å². The molecule has 0 saturated carbocycles. The third-order valence-corrected chi connectivity index (χ3v) is 1.71. The van der Waals surface area contributed by atoms with Crippen LogP contribution in [0, 0.1) is 0 Å². The molecule has 0 spiro atoms. The minimum absolute atomic E-state index is 1.04. The monoisotopic (exact) mass is 165 g/mol. The molecule has 0 heterocycles. The Balaban J connectivity index is 4.82. The van der Waals surface area contributed by atoms with Crippen LogP contribution in [0.25, 0.3) is 0 Å². The largest absolute Gasteiger partial charge is 0.388 e. The zero-order chi connectivity index (χ0) is 9.56. The highest BCUT2D eigenvalue weighted by atomic mass is 14.8. The van der Waals surface area contributed by atoms with Crippen molar-refractivity contribution in [1.82, 2.24) is 5.32 Å². The summed E-state index contributed by atoms with van der Waals surface area (Å²) in [5.41, 5.74) is 3.67. The van der Waals surface area contributed by atoms with Gasteiger partial charge in [0, 0.05) is 12.7 Å². The Bertz CT molecular complexity index is 205. The van der Waals surface area contributed by atoms with Crippen molar-refractivity contribution >= 4 is 0 Å². The smallest absolute Gasteiger partial charge is 0.0369 e. The summed E-state index contributed by atoms with van der Waals surface area (Å²) in [7, 11) is 1.94. The average molecular weight is 165 g/mol. The second-order valence-corrected chi connectivity index (χ2v) is 2.89. The third-order valence-electron chi connectivity index (χ3n) is 1.71. The molecular weight excluding hydrogens is 146 g/mol. The van der Waals surface area contributed by atoms with Gasteiger partial charge in [0.1, 0.15) is 0 Å². The Labute approximate surface area is 75.9 Å². The SMILES string of the molecule is C=CC(=C(C)C)/C(=C\CC)NC. The van der Waals surface area contributed by atoms with E-state index in [1.54, 1.807) is 0 Å². The molecular formula is C11H19N. The first-order chi connectivity index (χ1) is 5.67. The van der Waals surface area contributed by atoms with Gasteiger partial charge in [0.05, 0.1) is 0 Å². The Morgan fingerprint density at radius 1 is 1.42 bits per heavy atom. The molecule has 68 valence electrons. The van der Waals surface area contributed by atoms with E-state index in [2.05, 4.69) is 38.7 Å². The molecule has 0 fully saturated rings. The van der Waals surface area contributed by atoms with Gasteiger partial charge in [0.2, 0.25) is 0 Å². The molecule has 0 aromatic carbocycles. The Morgan fingerprint density at radius 2 is 2.00 bits per heavy atom. The molecule has 0 atom stereocenters. The molecule has 0 saturated heterocycles.